The molecule has 1 N–H and O–H groups in total. The van der Waals surface area contributed by atoms with Gasteiger partial charge in [0.1, 0.15) is 0 Å². The van der Waals surface area contributed by atoms with Gasteiger partial charge in [-0.15, -0.1) is 0 Å². The highest BCUT2D eigenvalue weighted by Gasteiger charge is 2.43. The highest BCUT2D eigenvalue weighted by molar-refractivity contribution is 6.04. The van der Waals surface area contributed by atoms with Crippen LogP contribution in [0.5, 0.6) is 0 Å². The summed E-state index contributed by atoms with van der Waals surface area (Å²) in [7, 11) is 0. The second kappa shape index (κ2) is 9.25. The van der Waals surface area contributed by atoms with Crippen LogP contribution in [0.3, 0.4) is 0 Å². The van der Waals surface area contributed by atoms with Gasteiger partial charge in [0.15, 0.2) is 5.78 Å². The summed E-state index contributed by atoms with van der Waals surface area (Å²) in [6, 6.07) is 15.9. The number of carbonyl (C=O) groups is 2. The number of nitro benzene ring substituents is 1. The van der Waals surface area contributed by atoms with E-state index in [1.165, 1.54) is 12.1 Å². The summed E-state index contributed by atoms with van der Waals surface area (Å²) in [6.45, 7) is 6.04. The number of hydrogen-bond donors (Lipinski definition) is 1. The van der Waals surface area contributed by atoms with Crippen molar-refractivity contribution in [2.24, 2.45) is 5.41 Å². The number of allylic oxidation sites excluding steroid dienone is 3. The highest BCUT2D eigenvalue weighted by atomic mass is 16.6. The summed E-state index contributed by atoms with van der Waals surface area (Å²) in [5.41, 5.74) is 3.47. The first-order chi connectivity index (χ1) is 16.2. The van der Waals surface area contributed by atoms with Crippen LogP contribution in [0.1, 0.15) is 50.7 Å². The minimum absolute atomic E-state index is 0.0580. The minimum atomic E-state index is -0.719. The summed E-state index contributed by atoms with van der Waals surface area (Å²) in [5, 5.41) is 14.7. The van der Waals surface area contributed by atoms with E-state index in [1.54, 1.807) is 19.1 Å². The van der Waals surface area contributed by atoms with Gasteiger partial charge in [-0.25, -0.2) is 4.79 Å². The van der Waals surface area contributed by atoms with E-state index >= 15 is 0 Å². The van der Waals surface area contributed by atoms with Gasteiger partial charge in [-0.2, -0.15) is 0 Å². The third-order valence-electron chi connectivity index (χ3n) is 6.34. The second-order valence-electron chi connectivity index (χ2n) is 9.65. The molecule has 2 aromatic rings. The lowest BCUT2D eigenvalue weighted by Crippen LogP contribution is -2.38. The normalized spacial score (nSPS) is 19.4. The molecule has 0 spiro atoms. The van der Waals surface area contributed by atoms with Crippen molar-refractivity contribution < 1.29 is 19.2 Å². The molecule has 0 amide bonds. The van der Waals surface area contributed by atoms with Crippen LogP contribution in [0.2, 0.25) is 0 Å². The molecule has 1 unspecified atom stereocenters. The van der Waals surface area contributed by atoms with Crippen molar-refractivity contribution in [3.05, 3.63) is 98.4 Å². The van der Waals surface area contributed by atoms with Gasteiger partial charge in [0, 0.05) is 47.9 Å². The monoisotopic (exact) mass is 460 g/mol. The fourth-order valence-corrected chi connectivity index (χ4v) is 4.84. The molecule has 0 saturated heterocycles. The number of nitrogens with zero attached hydrogens (tertiary/aromatic N) is 1. The average Bonchev–Trinajstić information content (AvgIpc) is 2.78. The van der Waals surface area contributed by atoms with Crippen molar-refractivity contribution in [3.63, 3.8) is 0 Å². The van der Waals surface area contributed by atoms with Crippen molar-refractivity contribution in [3.8, 4) is 0 Å². The predicted octanol–water partition coefficient (Wildman–Crippen LogP) is 4.98. The molecule has 0 saturated carbocycles. The molecule has 0 aromatic heterocycles. The lowest BCUT2D eigenvalue weighted by Gasteiger charge is -2.39. The number of nitrogens with one attached hydrogen (secondary N) is 1. The summed E-state index contributed by atoms with van der Waals surface area (Å²) in [6.07, 6.45) is 1.55. The van der Waals surface area contributed by atoms with Gasteiger partial charge in [-0.05, 0) is 29.9 Å². The molecule has 1 atom stereocenters. The Hall–Kier alpha value is -3.74. The number of ketones is 1. The third kappa shape index (κ3) is 4.78. The van der Waals surface area contributed by atoms with Gasteiger partial charge in [0.05, 0.1) is 17.1 Å². The van der Waals surface area contributed by atoms with E-state index in [4.69, 9.17) is 4.74 Å². The van der Waals surface area contributed by atoms with Crippen molar-refractivity contribution >= 4 is 17.4 Å². The first-order valence-corrected chi connectivity index (χ1v) is 11.4. The molecule has 7 heteroatoms. The molecule has 1 aliphatic heterocycles. The van der Waals surface area contributed by atoms with E-state index in [9.17, 15) is 19.7 Å². The maximum absolute atomic E-state index is 13.3. The van der Waals surface area contributed by atoms with Crippen LogP contribution in [-0.4, -0.2) is 23.3 Å². The van der Waals surface area contributed by atoms with Crippen LogP contribution in [0.25, 0.3) is 0 Å². The Morgan fingerprint density at radius 2 is 1.88 bits per heavy atom. The Labute approximate surface area is 198 Å². The number of Topliss-reactive ketones (excluding diaryl/α,β-unsaturated/α-hetero) is 1. The number of carbonyl (C=O) groups excluding carboxylic acids is 2. The molecule has 1 aliphatic carbocycles. The van der Waals surface area contributed by atoms with Gasteiger partial charge in [-0.3, -0.25) is 14.9 Å². The second-order valence-corrected chi connectivity index (χ2v) is 9.65. The lowest BCUT2D eigenvalue weighted by molar-refractivity contribution is -0.384. The van der Waals surface area contributed by atoms with Gasteiger partial charge in [-0.1, -0.05) is 56.3 Å². The Balaban J connectivity index is 1.70. The van der Waals surface area contributed by atoms with Crippen LogP contribution in [-0.2, 0) is 20.7 Å². The molecule has 4 rings (SSSR count). The first kappa shape index (κ1) is 23.4. The van der Waals surface area contributed by atoms with Crippen molar-refractivity contribution in [1.82, 2.24) is 5.32 Å². The Morgan fingerprint density at radius 1 is 1.15 bits per heavy atom. The van der Waals surface area contributed by atoms with Gasteiger partial charge < -0.3 is 10.1 Å². The fraction of sp³-hybridized carbons (Fsp3) is 0.333. The molecule has 0 radical (unpaired) electrons. The van der Waals surface area contributed by atoms with E-state index < -0.39 is 16.8 Å². The van der Waals surface area contributed by atoms with Crippen molar-refractivity contribution in [2.45, 2.75) is 46.0 Å². The van der Waals surface area contributed by atoms with Crippen LogP contribution in [0, 0.1) is 15.5 Å². The van der Waals surface area contributed by atoms with E-state index in [1.807, 2.05) is 44.2 Å². The number of rotatable bonds is 6. The van der Waals surface area contributed by atoms with Crippen LogP contribution in [0.4, 0.5) is 5.69 Å². The third-order valence-corrected chi connectivity index (χ3v) is 6.34. The van der Waals surface area contributed by atoms with E-state index in [0.717, 1.165) is 11.3 Å². The zero-order valence-electron chi connectivity index (χ0n) is 19.6. The molecule has 2 aliphatic rings. The van der Waals surface area contributed by atoms with Gasteiger partial charge in [0.25, 0.3) is 5.69 Å². The van der Waals surface area contributed by atoms with Crippen LogP contribution < -0.4 is 5.32 Å². The molecule has 7 nitrogen and oxygen atoms in total. The first-order valence-electron chi connectivity index (χ1n) is 11.4. The predicted molar refractivity (Wildman–Crippen MR) is 128 cm³/mol. The smallest absolute Gasteiger partial charge is 0.336 e. The SMILES string of the molecule is CC1=C(C(=O)OCCc2ccccc2)C(c2cccc([N+](=O)[O-])c2)C2=C(CC(C)(C)CC2=O)N1. The number of hydrogen-bond acceptors (Lipinski definition) is 6. The number of esters is 1. The Kier molecular flexibility index (Phi) is 6.37. The average molecular weight is 461 g/mol. The zero-order valence-corrected chi connectivity index (χ0v) is 19.6. The number of dihydropyridines is 1. The molecule has 176 valence electrons. The van der Waals surface area contributed by atoms with Crippen molar-refractivity contribution in [2.75, 3.05) is 6.61 Å². The quantitative estimate of drug-likeness (QED) is 0.371. The largest absolute Gasteiger partial charge is 0.462 e. The summed E-state index contributed by atoms with van der Waals surface area (Å²) in [4.78, 5) is 37.6. The fourth-order valence-electron chi connectivity index (χ4n) is 4.84. The molecule has 0 bridgehead atoms. The Bertz CT molecular complexity index is 1210. The Morgan fingerprint density at radius 3 is 2.59 bits per heavy atom. The zero-order chi connectivity index (χ0) is 24.5. The van der Waals surface area contributed by atoms with Crippen LogP contribution in [0.15, 0.2) is 77.1 Å². The minimum Gasteiger partial charge on any atom is -0.462 e. The summed E-state index contributed by atoms with van der Waals surface area (Å²) < 4.78 is 5.64. The summed E-state index contributed by atoms with van der Waals surface area (Å²) >= 11 is 0. The standard InChI is InChI=1S/C27H28N2O5/c1-17-23(26(31)34-13-12-18-8-5-4-6-9-18)24(19-10-7-11-20(14-19)29(32)33)25-21(28-17)15-27(2,3)16-22(25)30/h4-11,14,24,28H,12-13,15-16H2,1-3H3. The maximum atomic E-state index is 13.3. The van der Waals surface area contributed by atoms with Gasteiger partial charge in [0.2, 0.25) is 0 Å². The maximum Gasteiger partial charge on any atom is 0.336 e. The van der Waals surface area contributed by atoms with Gasteiger partial charge >= 0.3 is 5.97 Å². The van der Waals surface area contributed by atoms with E-state index in [-0.39, 0.29) is 23.5 Å². The lowest BCUT2D eigenvalue weighted by atomic mass is 9.68. The molecular weight excluding hydrogens is 432 g/mol. The number of benzene rings is 2. The molecule has 1 heterocycles. The molecule has 2 aromatic carbocycles. The summed E-state index contributed by atoms with van der Waals surface area (Å²) in [5.74, 6) is -1.30. The van der Waals surface area contributed by atoms with Crippen LogP contribution >= 0.6 is 0 Å². The highest BCUT2D eigenvalue weighted by Crippen LogP contribution is 2.47. The molecule has 0 fully saturated rings. The number of ether oxygens (including phenoxy) is 1. The van der Waals surface area contributed by atoms with Crippen molar-refractivity contribution in [1.29, 1.82) is 0 Å². The van der Waals surface area contributed by atoms with E-state index in [2.05, 4.69) is 5.32 Å². The topological polar surface area (TPSA) is 98.5 Å². The van der Waals surface area contributed by atoms with E-state index in [0.29, 0.717) is 41.7 Å². The molecule has 34 heavy (non-hydrogen) atoms. The number of nitro groups is 1. The number of non-ortho nitro benzene ring substituents is 1. The molecular formula is C27H28N2O5.